The number of halogens is 1. The van der Waals surface area contributed by atoms with E-state index in [4.69, 9.17) is 9.15 Å². The molecule has 1 aliphatic heterocycles. The minimum absolute atomic E-state index is 0.0969. The predicted molar refractivity (Wildman–Crippen MR) is 101 cm³/mol. The molecule has 0 N–H and O–H groups in total. The normalized spacial score (nSPS) is 25.3. The fourth-order valence-corrected chi connectivity index (χ4v) is 4.97. The van der Waals surface area contributed by atoms with Crippen molar-refractivity contribution in [2.24, 2.45) is 5.92 Å². The van der Waals surface area contributed by atoms with Gasteiger partial charge in [-0.05, 0) is 50.3 Å². The standard InChI is InChI=1S/C20H22BrNO4/c1-11-14-10-13(21)7-8-17(14)26-18(11)19(23)22-15-6-4-3-5-12(15)9-16(22)20(24)25-2/h7-8,10,12,15-16H,3-6,9H2,1-2H3. The lowest BCUT2D eigenvalue weighted by molar-refractivity contribution is -0.145. The van der Waals surface area contributed by atoms with Gasteiger partial charge in [-0.3, -0.25) is 4.79 Å². The number of carbonyl (C=O) groups excluding carboxylic acids is 2. The van der Waals surface area contributed by atoms with Gasteiger partial charge >= 0.3 is 5.97 Å². The number of fused-ring (bicyclic) bond motifs is 2. The van der Waals surface area contributed by atoms with E-state index in [1.165, 1.54) is 7.11 Å². The molecule has 6 heteroatoms. The van der Waals surface area contributed by atoms with Gasteiger partial charge in [0.2, 0.25) is 0 Å². The van der Waals surface area contributed by atoms with Crippen molar-refractivity contribution in [1.29, 1.82) is 0 Å². The van der Waals surface area contributed by atoms with E-state index in [-0.39, 0.29) is 17.9 Å². The zero-order valence-corrected chi connectivity index (χ0v) is 16.5. The predicted octanol–water partition coefficient (Wildman–Crippen LogP) is 4.45. The monoisotopic (exact) mass is 419 g/mol. The molecule has 0 radical (unpaired) electrons. The Labute approximate surface area is 160 Å². The van der Waals surface area contributed by atoms with E-state index in [9.17, 15) is 9.59 Å². The Morgan fingerprint density at radius 3 is 2.81 bits per heavy atom. The number of rotatable bonds is 2. The molecular weight excluding hydrogens is 398 g/mol. The van der Waals surface area contributed by atoms with Crippen LogP contribution in [0.25, 0.3) is 11.0 Å². The van der Waals surface area contributed by atoms with Crippen molar-refractivity contribution in [3.05, 3.63) is 34.0 Å². The SMILES string of the molecule is COC(=O)C1CC2CCCCC2N1C(=O)c1oc2ccc(Br)cc2c1C. The molecule has 1 saturated carbocycles. The fraction of sp³-hybridized carbons (Fsp3) is 0.500. The van der Waals surface area contributed by atoms with Crippen molar-refractivity contribution in [3.8, 4) is 0 Å². The molecule has 2 aromatic rings. The first kappa shape index (κ1) is 17.6. The number of methoxy groups -OCH3 is 1. The topological polar surface area (TPSA) is 59.8 Å². The molecule has 5 nitrogen and oxygen atoms in total. The first-order valence-electron chi connectivity index (χ1n) is 9.10. The Kier molecular flexibility index (Phi) is 4.55. The number of likely N-dealkylation sites (tertiary alicyclic amines) is 1. The summed E-state index contributed by atoms with van der Waals surface area (Å²) in [5, 5.41) is 0.914. The van der Waals surface area contributed by atoms with Gasteiger partial charge in [-0.1, -0.05) is 28.8 Å². The minimum atomic E-state index is -0.514. The van der Waals surface area contributed by atoms with E-state index < -0.39 is 6.04 Å². The third-order valence-corrected chi connectivity index (χ3v) is 6.38. The van der Waals surface area contributed by atoms with Crippen LogP contribution in [-0.4, -0.2) is 36.0 Å². The van der Waals surface area contributed by atoms with E-state index in [0.29, 0.717) is 23.7 Å². The molecule has 3 atom stereocenters. The lowest BCUT2D eigenvalue weighted by atomic mass is 9.84. The van der Waals surface area contributed by atoms with Gasteiger partial charge in [0.15, 0.2) is 5.76 Å². The molecule has 2 heterocycles. The molecule has 2 fully saturated rings. The van der Waals surface area contributed by atoms with Crippen molar-refractivity contribution in [2.75, 3.05) is 7.11 Å². The molecule has 1 aromatic heterocycles. The van der Waals surface area contributed by atoms with E-state index in [1.54, 1.807) is 4.90 Å². The summed E-state index contributed by atoms with van der Waals surface area (Å²) in [6.45, 7) is 1.90. The van der Waals surface area contributed by atoms with E-state index in [2.05, 4.69) is 15.9 Å². The van der Waals surface area contributed by atoms with Crippen LogP contribution in [0.2, 0.25) is 0 Å². The highest BCUT2D eigenvalue weighted by Gasteiger charge is 2.49. The van der Waals surface area contributed by atoms with Gasteiger partial charge in [-0.2, -0.15) is 0 Å². The summed E-state index contributed by atoms with van der Waals surface area (Å²) in [5.41, 5.74) is 1.50. The zero-order valence-electron chi connectivity index (χ0n) is 15.0. The quantitative estimate of drug-likeness (QED) is 0.674. The van der Waals surface area contributed by atoms with Crippen molar-refractivity contribution < 1.29 is 18.7 Å². The lowest BCUT2D eigenvalue weighted by Crippen LogP contribution is -2.46. The second kappa shape index (κ2) is 6.72. The first-order valence-corrected chi connectivity index (χ1v) is 9.89. The highest BCUT2D eigenvalue weighted by molar-refractivity contribution is 9.10. The summed E-state index contributed by atoms with van der Waals surface area (Å²) in [6.07, 6.45) is 4.94. The Morgan fingerprint density at radius 2 is 2.04 bits per heavy atom. The van der Waals surface area contributed by atoms with Crippen molar-refractivity contribution in [1.82, 2.24) is 4.90 Å². The second-order valence-electron chi connectivity index (χ2n) is 7.30. The molecule has 2 aliphatic rings. The fourth-order valence-electron chi connectivity index (χ4n) is 4.61. The Balaban J connectivity index is 1.75. The molecule has 138 valence electrons. The Hall–Kier alpha value is -1.82. The van der Waals surface area contributed by atoms with E-state index >= 15 is 0 Å². The number of aryl methyl sites for hydroxylation is 1. The summed E-state index contributed by atoms with van der Waals surface area (Å²) in [7, 11) is 1.39. The van der Waals surface area contributed by atoms with Gasteiger partial charge in [-0.25, -0.2) is 4.79 Å². The zero-order chi connectivity index (χ0) is 18.4. The molecule has 0 bridgehead atoms. The minimum Gasteiger partial charge on any atom is -0.467 e. The lowest BCUT2D eigenvalue weighted by Gasteiger charge is -2.32. The van der Waals surface area contributed by atoms with Gasteiger partial charge in [0.05, 0.1) is 7.11 Å². The van der Waals surface area contributed by atoms with Gasteiger partial charge in [-0.15, -0.1) is 0 Å². The molecule has 1 aromatic carbocycles. The van der Waals surface area contributed by atoms with Crippen LogP contribution in [-0.2, 0) is 9.53 Å². The summed E-state index contributed by atoms with van der Waals surface area (Å²) >= 11 is 3.46. The van der Waals surface area contributed by atoms with Crippen LogP contribution in [0, 0.1) is 12.8 Å². The molecule has 1 amide bonds. The average Bonchev–Trinajstić information content (AvgIpc) is 3.19. The number of nitrogens with zero attached hydrogens (tertiary/aromatic N) is 1. The number of hydrogen-bond acceptors (Lipinski definition) is 4. The number of amides is 1. The highest BCUT2D eigenvalue weighted by Crippen LogP contribution is 2.41. The molecule has 0 spiro atoms. The number of hydrogen-bond donors (Lipinski definition) is 0. The maximum atomic E-state index is 13.4. The van der Waals surface area contributed by atoms with Crippen molar-refractivity contribution in [2.45, 2.75) is 51.1 Å². The van der Waals surface area contributed by atoms with E-state index in [1.807, 2.05) is 25.1 Å². The summed E-state index contributed by atoms with van der Waals surface area (Å²) in [4.78, 5) is 27.5. The maximum Gasteiger partial charge on any atom is 0.328 e. The summed E-state index contributed by atoms with van der Waals surface area (Å²) in [6, 6.07) is 5.29. The number of esters is 1. The van der Waals surface area contributed by atoms with Crippen LogP contribution in [0.5, 0.6) is 0 Å². The largest absolute Gasteiger partial charge is 0.467 e. The maximum absolute atomic E-state index is 13.4. The van der Waals surface area contributed by atoms with Crippen molar-refractivity contribution in [3.63, 3.8) is 0 Å². The van der Waals surface area contributed by atoms with Crippen LogP contribution in [0.1, 0.15) is 48.2 Å². The number of carbonyl (C=O) groups is 2. The van der Waals surface area contributed by atoms with Gasteiger partial charge < -0.3 is 14.1 Å². The van der Waals surface area contributed by atoms with Gasteiger partial charge in [0, 0.05) is 21.5 Å². The summed E-state index contributed by atoms with van der Waals surface area (Å²) < 4.78 is 11.8. The molecule has 4 rings (SSSR count). The molecular formula is C20H22BrNO4. The van der Waals surface area contributed by atoms with Crippen molar-refractivity contribution >= 4 is 38.8 Å². The third kappa shape index (κ3) is 2.75. The molecule has 1 saturated heterocycles. The number of ether oxygens (including phenoxy) is 1. The van der Waals surface area contributed by atoms with Crippen LogP contribution in [0.4, 0.5) is 0 Å². The van der Waals surface area contributed by atoms with Crippen LogP contribution < -0.4 is 0 Å². The van der Waals surface area contributed by atoms with Gasteiger partial charge in [0.1, 0.15) is 11.6 Å². The third-order valence-electron chi connectivity index (χ3n) is 5.89. The number of furan rings is 1. The average molecular weight is 420 g/mol. The first-order chi connectivity index (χ1) is 12.5. The van der Waals surface area contributed by atoms with Gasteiger partial charge in [0.25, 0.3) is 5.91 Å². The molecule has 1 aliphatic carbocycles. The summed E-state index contributed by atoms with van der Waals surface area (Å²) in [5.74, 6) is 0.178. The van der Waals surface area contributed by atoms with E-state index in [0.717, 1.165) is 41.1 Å². The number of benzene rings is 1. The smallest absolute Gasteiger partial charge is 0.328 e. The second-order valence-corrected chi connectivity index (χ2v) is 8.21. The van der Waals surface area contributed by atoms with Crippen LogP contribution in [0.3, 0.4) is 0 Å². The van der Waals surface area contributed by atoms with Crippen LogP contribution >= 0.6 is 15.9 Å². The Morgan fingerprint density at radius 1 is 1.27 bits per heavy atom. The highest BCUT2D eigenvalue weighted by atomic mass is 79.9. The molecule has 26 heavy (non-hydrogen) atoms. The molecule has 3 unspecified atom stereocenters. The Bertz CT molecular complexity index is 874. The van der Waals surface area contributed by atoms with Crippen LogP contribution in [0.15, 0.2) is 27.1 Å².